The van der Waals surface area contributed by atoms with E-state index in [1.165, 1.54) is 0 Å². The molecule has 0 N–H and O–H groups in total. The number of carbonyl (C=O) groups excluding carboxylic acids is 1. The Hall–Kier alpha value is -1.26. The lowest BCUT2D eigenvalue weighted by Crippen LogP contribution is -2.06. The quantitative estimate of drug-likeness (QED) is 0.669. The van der Waals surface area contributed by atoms with Crippen molar-refractivity contribution in [2.24, 2.45) is 0 Å². The van der Waals surface area contributed by atoms with Gasteiger partial charge in [0.05, 0.1) is 12.2 Å². The Morgan fingerprint density at radius 2 is 1.86 bits per heavy atom. The standard InChI is InChI=1S/C17H17BrO2S/c1-3-12-5-10-16(15(11-12)17(19)20-4-2)21-14-8-6-13(18)7-9-14/h5-11H,3-4H2,1-2H3. The van der Waals surface area contributed by atoms with Crippen molar-refractivity contribution in [3.8, 4) is 0 Å². The summed E-state index contributed by atoms with van der Waals surface area (Å²) < 4.78 is 6.21. The fourth-order valence-corrected chi connectivity index (χ4v) is 3.06. The lowest BCUT2D eigenvalue weighted by molar-refractivity contribution is 0.0522. The lowest BCUT2D eigenvalue weighted by atomic mass is 10.1. The summed E-state index contributed by atoms with van der Waals surface area (Å²) in [6.07, 6.45) is 0.898. The Bertz CT molecular complexity index is 623. The molecule has 0 aliphatic rings. The number of ether oxygens (including phenoxy) is 1. The van der Waals surface area contributed by atoms with Crippen LogP contribution < -0.4 is 0 Å². The summed E-state index contributed by atoms with van der Waals surface area (Å²) in [7, 11) is 0. The zero-order valence-corrected chi connectivity index (χ0v) is 14.5. The number of carbonyl (C=O) groups is 1. The monoisotopic (exact) mass is 364 g/mol. The van der Waals surface area contributed by atoms with Gasteiger partial charge in [0.2, 0.25) is 0 Å². The third-order valence-electron chi connectivity index (χ3n) is 2.99. The third-order valence-corrected chi connectivity index (χ3v) is 4.60. The molecule has 0 radical (unpaired) electrons. The molecule has 0 heterocycles. The fourth-order valence-electron chi connectivity index (χ4n) is 1.88. The molecule has 2 aromatic carbocycles. The highest BCUT2D eigenvalue weighted by molar-refractivity contribution is 9.10. The number of aryl methyl sites for hydroxylation is 1. The Morgan fingerprint density at radius 1 is 1.14 bits per heavy atom. The molecular formula is C17H17BrO2S. The Labute approximate surface area is 138 Å². The molecule has 0 bridgehead atoms. The summed E-state index contributed by atoms with van der Waals surface area (Å²) in [5.41, 5.74) is 1.78. The van der Waals surface area contributed by atoms with E-state index < -0.39 is 0 Å². The third kappa shape index (κ3) is 4.35. The second kappa shape index (κ2) is 7.66. The molecule has 0 aliphatic heterocycles. The van der Waals surface area contributed by atoms with Crippen LogP contribution in [0, 0.1) is 0 Å². The Balaban J connectivity index is 2.33. The molecule has 0 aromatic heterocycles. The normalized spacial score (nSPS) is 10.4. The molecule has 110 valence electrons. The van der Waals surface area contributed by atoms with Gasteiger partial charge in [0.25, 0.3) is 0 Å². The van der Waals surface area contributed by atoms with Crippen LogP contribution in [-0.4, -0.2) is 12.6 Å². The van der Waals surface area contributed by atoms with E-state index in [9.17, 15) is 4.79 Å². The van der Waals surface area contributed by atoms with Crippen LogP contribution in [-0.2, 0) is 11.2 Å². The highest BCUT2D eigenvalue weighted by atomic mass is 79.9. The highest BCUT2D eigenvalue weighted by Crippen LogP contribution is 2.32. The number of hydrogen-bond donors (Lipinski definition) is 0. The van der Waals surface area contributed by atoms with E-state index in [2.05, 4.69) is 28.9 Å². The number of rotatable bonds is 5. The van der Waals surface area contributed by atoms with Gasteiger partial charge in [-0.15, -0.1) is 0 Å². The van der Waals surface area contributed by atoms with Crippen molar-refractivity contribution in [3.05, 3.63) is 58.1 Å². The lowest BCUT2D eigenvalue weighted by Gasteiger charge is -2.10. The smallest absolute Gasteiger partial charge is 0.339 e. The van der Waals surface area contributed by atoms with Crippen molar-refractivity contribution in [2.45, 2.75) is 30.1 Å². The van der Waals surface area contributed by atoms with Crippen LogP contribution in [0.1, 0.15) is 29.8 Å². The first-order valence-electron chi connectivity index (χ1n) is 6.87. The van der Waals surface area contributed by atoms with Gasteiger partial charge in [-0.25, -0.2) is 4.79 Å². The Morgan fingerprint density at radius 3 is 2.48 bits per heavy atom. The molecule has 2 rings (SSSR count). The van der Waals surface area contributed by atoms with Gasteiger partial charge in [0.1, 0.15) is 0 Å². The summed E-state index contributed by atoms with van der Waals surface area (Å²) in [6, 6.07) is 14.0. The summed E-state index contributed by atoms with van der Waals surface area (Å²) in [6.45, 7) is 4.28. The topological polar surface area (TPSA) is 26.3 Å². The van der Waals surface area contributed by atoms with Gasteiger partial charge in [-0.2, -0.15) is 0 Å². The summed E-state index contributed by atoms with van der Waals surface area (Å²) in [5, 5.41) is 0. The molecule has 21 heavy (non-hydrogen) atoms. The molecule has 0 spiro atoms. The van der Waals surface area contributed by atoms with Crippen LogP contribution in [0.4, 0.5) is 0 Å². The predicted molar refractivity (Wildman–Crippen MR) is 90.0 cm³/mol. The van der Waals surface area contributed by atoms with Gasteiger partial charge in [0, 0.05) is 14.3 Å². The van der Waals surface area contributed by atoms with Crippen LogP contribution in [0.3, 0.4) is 0 Å². The van der Waals surface area contributed by atoms with Crippen molar-refractivity contribution >= 4 is 33.7 Å². The Kier molecular flexibility index (Phi) is 5.88. The molecular weight excluding hydrogens is 348 g/mol. The molecule has 4 heteroatoms. The average molecular weight is 365 g/mol. The van der Waals surface area contributed by atoms with E-state index in [0.717, 1.165) is 26.2 Å². The first kappa shape index (κ1) is 16.1. The minimum atomic E-state index is -0.257. The molecule has 0 unspecified atom stereocenters. The average Bonchev–Trinajstić information content (AvgIpc) is 2.50. The number of hydrogen-bond acceptors (Lipinski definition) is 3. The van der Waals surface area contributed by atoms with Crippen molar-refractivity contribution in [3.63, 3.8) is 0 Å². The van der Waals surface area contributed by atoms with Gasteiger partial charge in [0.15, 0.2) is 0 Å². The second-order valence-corrected chi connectivity index (χ2v) is 6.49. The fraction of sp³-hybridized carbons (Fsp3) is 0.235. The zero-order valence-electron chi connectivity index (χ0n) is 12.1. The van der Waals surface area contributed by atoms with E-state index >= 15 is 0 Å². The second-order valence-electron chi connectivity index (χ2n) is 4.46. The first-order chi connectivity index (χ1) is 10.1. The predicted octanol–water partition coefficient (Wildman–Crippen LogP) is 5.34. The molecule has 2 aromatic rings. The van der Waals surface area contributed by atoms with Crippen LogP contribution in [0.5, 0.6) is 0 Å². The molecule has 0 aliphatic carbocycles. The maximum atomic E-state index is 12.1. The van der Waals surface area contributed by atoms with Gasteiger partial charge < -0.3 is 4.74 Å². The van der Waals surface area contributed by atoms with Crippen molar-refractivity contribution < 1.29 is 9.53 Å². The van der Waals surface area contributed by atoms with E-state index in [-0.39, 0.29) is 5.97 Å². The van der Waals surface area contributed by atoms with Crippen molar-refractivity contribution in [1.82, 2.24) is 0 Å². The molecule has 0 atom stereocenters. The molecule has 0 saturated carbocycles. The number of esters is 1. The van der Waals surface area contributed by atoms with E-state index in [0.29, 0.717) is 12.2 Å². The molecule has 0 fully saturated rings. The van der Waals surface area contributed by atoms with E-state index in [4.69, 9.17) is 4.74 Å². The maximum Gasteiger partial charge on any atom is 0.339 e. The van der Waals surface area contributed by atoms with E-state index in [1.807, 2.05) is 43.3 Å². The maximum absolute atomic E-state index is 12.1. The zero-order chi connectivity index (χ0) is 15.2. The number of halogens is 1. The van der Waals surface area contributed by atoms with Crippen molar-refractivity contribution in [2.75, 3.05) is 6.61 Å². The van der Waals surface area contributed by atoms with Crippen LogP contribution in [0.2, 0.25) is 0 Å². The first-order valence-corrected chi connectivity index (χ1v) is 8.48. The molecule has 2 nitrogen and oxygen atoms in total. The van der Waals surface area contributed by atoms with Gasteiger partial charge in [-0.1, -0.05) is 40.7 Å². The minimum Gasteiger partial charge on any atom is -0.462 e. The minimum absolute atomic E-state index is 0.257. The van der Waals surface area contributed by atoms with Crippen molar-refractivity contribution in [1.29, 1.82) is 0 Å². The summed E-state index contributed by atoms with van der Waals surface area (Å²) >= 11 is 5.00. The van der Waals surface area contributed by atoms with Crippen LogP contribution in [0.15, 0.2) is 56.7 Å². The van der Waals surface area contributed by atoms with Crippen LogP contribution in [0.25, 0.3) is 0 Å². The summed E-state index contributed by atoms with van der Waals surface area (Å²) in [4.78, 5) is 14.1. The van der Waals surface area contributed by atoms with E-state index in [1.54, 1.807) is 11.8 Å². The largest absolute Gasteiger partial charge is 0.462 e. The summed E-state index contributed by atoms with van der Waals surface area (Å²) in [5.74, 6) is -0.257. The highest BCUT2D eigenvalue weighted by Gasteiger charge is 2.14. The van der Waals surface area contributed by atoms with Crippen LogP contribution >= 0.6 is 27.7 Å². The molecule has 0 amide bonds. The number of benzene rings is 2. The van der Waals surface area contributed by atoms with Gasteiger partial charge >= 0.3 is 5.97 Å². The van der Waals surface area contributed by atoms with Gasteiger partial charge in [-0.05, 0) is 55.3 Å². The molecule has 0 saturated heterocycles. The van der Waals surface area contributed by atoms with Gasteiger partial charge in [-0.3, -0.25) is 0 Å². The SMILES string of the molecule is CCOC(=O)c1cc(CC)ccc1Sc1ccc(Br)cc1.